The number of aryl methyl sites for hydroxylation is 1. The van der Waals surface area contributed by atoms with Crippen LogP contribution in [0.15, 0.2) is 47.2 Å². The molecular formula is C16H10BrClN4. The lowest BCUT2D eigenvalue weighted by Crippen LogP contribution is -1.97. The van der Waals surface area contributed by atoms with Gasteiger partial charge in [-0.25, -0.2) is 4.98 Å². The largest absolute Gasteiger partial charge is 0.278 e. The Morgan fingerprint density at radius 3 is 2.77 bits per heavy atom. The first-order valence-corrected chi connectivity index (χ1v) is 7.87. The summed E-state index contributed by atoms with van der Waals surface area (Å²) in [5.41, 5.74) is 5.34. The van der Waals surface area contributed by atoms with Crippen LogP contribution in [0.4, 0.5) is 0 Å². The van der Waals surface area contributed by atoms with Crippen molar-refractivity contribution in [1.29, 1.82) is 0 Å². The molecule has 0 atom stereocenters. The van der Waals surface area contributed by atoms with Crippen LogP contribution < -0.4 is 0 Å². The zero-order valence-electron chi connectivity index (χ0n) is 11.6. The summed E-state index contributed by atoms with van der Waals surface area (Å²) >= 11 is 9.95. The Morgan fingerprint density at radius 2 is 1.95 bits per heavy atom. The standard InChI is InChI=1S/C16H10BrClN4/c1-9-16-21-19-8-22(16)14-7-10(17)6-12(15(14)20-9)11-4-2-3-5-13(11)18/h2-8H,1H3. The van der Waals surface area contributed by atoms with Gasteiger partial charge in [-0.3, -0.25) is 4.40 Å². The number of hydrogen-bond acceptors (Lipinski definition) is 3. The Balaban J connectivity index is 2.20. The zero-order valence-corrected chi connectivity index (χ0v) is 13.9. The van der Waals surface area contributed by atoms with Crippen molar-refractivity contribution >= 4 is 44.2 Å². The number of fused-ring (bicyclic) bond motifs is 3. The summed E-state index contributed by atoms with van der Waals surface area (Å²) in [6.07, 6.45) is 1.70. The lowest BCUT2D eigenvalue weighted by Gasteiger charge is -2.11. The first-order valence-electron chi connectivity index (χ1n) is 6.69. The van der Waals surface area contributed by atoms with E-state index in [1.165, 1.54) is 0 Å². The number of halogens is 2. The fraction of sp³-hybridized carbons (Fsp3) is 0.0625. The lowest BCUT2D eigenvalue weighted by atomic mass is 10.0. The minimum Gasteiger partial charge on any atom is -0.278 e. The first-order chi connectivity index (χ1) is 10.6. The number of aromatic nitrogens is 4. The predicted molar refractivity (Wildman–Crippen MR) is 91.2 cm³/mol. The molecule has 2 aromatic heterocycles. The van der Waals surface area contributed by atoms with Gasteiger partial charge in [0.05, 0.1) is 16.7 Å². The van der Waals surface area contributed by atoms with Gasteiger partial charge in [-0.1, -0.05) is 45.7 Å². The molecule has 6 heteroatoms. The maximum atomic E-state index is 6.37. The molecular weight excluding hydrogens is 364 g/mol. The Hall–Kier alpha value is -1.98. The molecule has 0 saturated carbocycles. The smallest absolute Gasteiger partial charge is 0.182 e. The number of rotatable bonds is 1. The molecule has 0 aliphatic heterocycles. The maximum Gasteiger partial charge on any atom is 0.182 e. The van der Waals surface area contributed by atoms with E-state index in [9.17, 15) is 0 Å². The molecule has 0 fully saturated rings. The zero-order chi connectivity index (χ0) is 15.3. The topological polar surface area (TPSA) is 43.1 Å². The monoisotopic (exact) mass is 372 g/mol. The maximum absolute atomic E-state index is 6.37. The summed E-state index contributed by atoms with van der Waals surface area (Å²) in [5.74, 6) is 0. The number of hydrogen-bond donors (Lipinski definition) is 0. The van der Waals surface area contributed by atoms with Crippen molar-refractivity contribution in [1.82, 2.24) is 19.6 Å². The van der Waals surface area contributed by atoms with Crippen LogP contribution in [0.2, 0.25) is 5.02 Å². The van der Waals surface area contributed by atoms with Crippen molar-refractivity contribution in [3.8, 4) is 11.1 Å². The Bertz CT molecular complexity index is 1030. The summed E-state index contributed by atoms with van der Waals surface area (Å²) in [5, 5.41) is 8.82. The molecule has 4 nitrogen and oxygen atoms in total. The van der Waals surface area contributed by atoms with Crippen molar-refractivity contribution in [3.05, 3.63) is 57.9 Å². The second kappa shape index (κ2) is 5.04. The van der Waals surface area contributed by atoms with Crippen molar-refractivity contribution in [2.24, 2.45) is 0 Å². The quantitative estimate of drug-likeness (QED) is 0.487. The molecule has 0 N–H and O–H groups in total. The van der Waals surface area contributed by atoms with E-state index in [0.717, 1.165) is 38.0 Å². The van der Waals surface area contributed by atoms with Crippen LogP contribution >= 0.6 is 27.5 Å². The van der Waals surface area contributed by atoms with E-state index in [2.05, 4.69) is 26.1 Å². The van der Waals surface area contributed by atoms with Crippen LogP contribution in [0.5, 0.6) is 0 Å². The van der Waals surface area contributed by atoms with E-state index in [1.54, 1.807) is 6.33 Å². The second-order valence-corrected chi connectivity index (χ2v) is 6.35. The lowest BCUT2D eigenvalue weighted by molar-refractivity contribution is 1.10. The number of benzene rings is 2. The summed E-state index contributed by atoms with van der Waals surface area (Å²) in [4.78, 5) is 4.73. The van der Waals surface area contributed by atoms with Crippen LogP contribution in [0.3, 0.4) is 0 Å². The molecule has 0 amide bonds. The predicted octanol–water partition coefficient (Wildman–Crippen LogP) is 4.67. The SMILES string of the molecule is Cc1nc2c(-c3ccccc3Cl)cc(Br)cc2n2cnnc12. The molecule has 0 aliphatic carbocycles. The molecule has 2 heterocycles. The first kappa shape index (κ1) is 13.7. The number of nitrogens with zero attached hydrogens (tertiary/aromatic N) is 4. The summed E-state index contributed by atoms with van der Waals surface area (Å²) in [6, 6.07) is 11.8. The fourth-order valence-corrected chi connectivity index (χ4v) is 3.33. The van der Waals surface area contributed by atoms with Crippen LogP contribution in [0.1, 0.15) is 5.69 Å². The van der Waals surface area contributed by atoms with Crippen LogP contribution in [0, 0.1) is 6.92 Å². The Morgan fingerprint density at radius 1 is 1.14 bits per heavy atom. The van der Waals surface area contributed by atoms with E-state index in [-0.39, 0.29) is 0 Å². The fourth-order valence-electron chi connectivity index (χ4n) is 2.65. The normalized spacial score (nSPS) is 11.4. The average Bonchev–Trinajstić information content (AvgIpc) is 2.99. The molecule has 4 aromatic rings. The van der Waals surface area contributed by atoms with Gasteiger partial charge in [-0.2, -0.15) is 0 Å². The summed E-state index contributed by atoms with van der Waals surface area (Å²) in [7, 11) is 0. The molecule has 4 rings (SSSR count). The van der Waals surface area contributed by atoms with E-state index >= 15 is 0 Å². The van der Waals surface area contributed by atoms with Gasteiger partial charge in [-0.15, -0.1) is 10.2 Å². The Kier molecular flexibility index (Phi) is 3.13. The highest BCUT2D eigenvalue weighted by molar-refractivity contribution is 9.10. The van der Waals surface area contributed by atoms with Crippen molar-refractivity contribution in [2.75, 3.05) is 0 Å². The van der Waals surface area contributed by atoms with Crippen LogP contribution in [0.25, 0.3) is 27.8 Å². The van der Waals surface area contributed by atoms with Gasteiger partial charge < -0.3 is 0 Å². The van der Waals surface area contributed by atoms with Crippen molar-refractivity contribution < 1.29 is 0 Å². The third-order valence-electron chi connectivity index (χ3n) is 3.63. The second-order valence-electron chi connectivity index (χ2n) is 5.02. The van der Waals surface area contributed by atoms with Crippen molar-refractivity contribution in [3.63, 3.8) is 0 Å². The van der Waals surface area contributed by atoms with E-state index in [1.807, 2.05) is 47.7 Å². The third-order valence-corrected chi connectivity index (χ3v) is 4.42. The van der Waals surface area contributed by atoms with Gasteiger partial charge >= 0.3 is 0 Å². The molecule has 0 spiro atoms. The molecule has 108 valence electrons. The van der Waals surface area contributed by atoms with Gasteiger partial charge in [-0.05, 0) is 25.1 Å². The molecule has 0 radical (unpaired) electrons. The summed E-state index contributed by atoms with van der Waals surface area (Å²) < 4.78 is 2.90. The minimum absolute atomic E-state index is 0.699. The van der Waals surface area contributed by atoms with E-state index in [4.69, 9.17) is 16.6 Å². The Labute approximate surface area is 139 Å². The van der Waals surface area contributed by atoms with Gasteiger partial charge in [0.15, 0.2) is 5.65 Å². The van der Waals surface area contributed by atoms with Gasteiger partial charge in [0.1, 0.15) is 6.33 Å². The van der Waals surface area contributed by atoms with E-state index < -0.39 is 0 Å². The molecule has 0 bridgehead atoms. The van der Waals surface area contributed by atoms with E-state index in [0.29, 0.717) is 5.02 Å². The van der Waals surface area contributed by atoms with Gasteiger partial charge in [0.2, 0.25) is 0 Å². The molecule has 0 unspecified atom stereocenters. The molecule has 22 heavy (non-hydrogen) atoms. The molecule has 0 aliphatic rings. The minimum atomic E-state index is 0.699. The van der Waals surface area contributed by atoms with Crippen LogP contribution in [-0.2, 0) is 0 Å². The third kappa shape index (κ3) is 2.01. The van der Waals surface area contributed by atoms with Crippen LogP contribution in [-0.4, -0.2) is 19.6 Å². The summed E-state index contributed by atoms with van der Waals surface area (Å²) in [6.45, 7) is 1.93. The molecule has 0 saturated heterocycles. The highest BCUT2D eigenvalue weighted by Gasteiger charge is 2.14. The van der Waals surface area contributed by atoms with Gasteiger partial charge in [0, 0.05) is 20.6 Å². The molecule has 2 aromatic carbocycles. The highest BCUT2D eigenvalue weighted by Crippen LogP contribution is 2.35. The highest BCUT2D eigenvalue weighted by atomic mass is 79.9. The average molecular weight is 374 g/mol. The van der Waals surface area contributed by atoms with Crippen molar-refractivity contribution in [2.45, 2.75) is 6.92 Å². The van der Waals surface area contributed by atoms with Gasteiger partial charge in [0.25, 0.3) is 0 Å².